The summed E-state index contributed by atoms with van der Waals surface area (Å²) in [4.78, 5) is 41.6. The van der Waals surface area contributed by atoms with Crippen molar-refractivity contribution in [3.8, 4) is 5.75 Å². The summed E-state index contributed by atoms with van der Waals surface area (Å²) >= 11 is 0. The van der Waals surface area contributed by atoms with Crippen LogP contribution in [0.5, 0.6) is 5.75 Å². The van der Waals surface area contributed by atoms with Gasteiger partial charge in [-0.3, -0.25) is 19.1 Å². The summed E-state index contributed by atoms with van der Waals surface area (Å²) in [6.07, 6.45) is 2.80. The Hall–Kier alpha value is -4.92. The summed E-state index contributed by atoms with van der Waals surface area (Å²) in [7, 11) is -0.565. The lowest BCUT2D eigenvalue weighted by Crippen LogP contribution is -2.45. The molecule has 1 spiro atoms. The standard InChI is InChI=1S/C40H48FN5O7Si/c1-26-37(54(4,5)41)35(20-22-45-24-33(43-44-45)31(25-47)27-11-7-6-8-12-27)53-40(26)32-23-29(42-38(49)28-14-17-30(51-2)18-15-28)16-19-34(32)46(39(40)50)21-10-9-13-36(48)52-3/h6-8,11-12,14-19,23-24,26,31,35,37,47H,9-10,13,20-22,25H2,1-5H3,(H,42,49)/t26-,31?,35+,37-,40+/m0/s1. The van der Waals surface area contributed by atoms with Crippen molar-refractivity contribution in [1.29, 1.82) is 0 Å². The number of aryl methyl sites for hydroxylation is 1. The Labute approximate surface area is 315 Å². The van der Waals surface area contributed by atoms with Crippen LogP contribution in [0, 0.1) is 5.92 Å². The van der Waals surface area contributed by atoms with Crippen LogP contribution in [-0.4, -0.2) is 79.8 Å². The van der Waals surface area contributed by atoms with Gasteiger partial charge in [0.1, 0.15) is 5.75 Å². The minimum absolute atomic E-state index is 0.137. The number of esters is 1. The molecule has 3 aromatic carbocycles. The van der Waals surface area contributed by atoms with E-state index in [9.17, 15) is 19.5 Å². The molecule has 3 heterocycles. The molecule has 0 saturated carbocycles. The number of methoxy groups -OCH3 is 2. The van der Waals surface area contributed by atoms with Crippen LogP contribution < -0.4 is 15.0 Å². The molecule has 0 bridgehead atoms. The summed E-state index contributed by atoms with van der Waals surface area (Å²) in [6, 6.07) is 21.6. The van der Waals surface area contributed by atoms with E-state index in [4.69, 9.17) is 14.2 Å². The molecule has 6 rings (SSSR count). The molecule has 54 heavy (non-hydrogen) atoms. The first-order valence-electron chi connectivity index (χ1n) is 18.3. The zero-order valence-corrected chi connectivity index (χ0v) is 32.3. The molecular weight excluding hydrogens is 710 g/mol. The van der Waals surface area contributed by atoms with Gasteiger partial charge in [0.05, 0.1) is 44.2 Å². The Morgan fingerprint density at radius 2 is 1.80 bits per heavy atom. The summed E-state index contributed by atoms with van der Waals surface area (Å²) < 4.78 is 35.1. The van der Waals surface area contributed by atoms with Crippen molar-refractivity contribution in [3.63, 3.8) is 0 Å². The van der Waals surface area contributed by atoms with E-state index in [-0.39, 0.29) is 36.7 Å². The zero-order chi connectivity index (χ0) is 38.6. The molecule has 286 valence electrons. The average Bonchev–Trinajstić information content (AvgIpc) is 3.82. The minimum Gasteiger partial charge on any atom is -0.497 e. The van der Waals surface area contributed by atoms with Gasteiger partial charge in [-0.05, 0) is 80.4 Å². The second-order valence-electron chi connectivity index (χ2n) is 14.5. The second-order valence-corrected chi connectivity index (χ2v) is 18.3. The van der Waals surface area contributed by atoms with Gasteiger partial charge < -0.3 is 33.6 Å². The normalized spacial score (nSPS) is 21.3. The minimum atomic E-state index is -3.46. The Balaban J connectivity index is 1.30. The number of carbonyl (C=O) groups excluding carboxylic acids is 3. The van der Waals surface area contributed by atoms with Crippen molar-refractivity contribution >= 4 is 37.6 Å². The van der Waals surface area contributed by atoms with E-state index in [0.29, 0.717) is 66.3 Å². The maximum atomic E-state index is 16.5. The van der Waals surface area contributed by atoms with Crippen LogP contribution in [0.15, 0.2) is 79.0 Å². The maximum absolute atomic E-state index is 16.5. The third-order valence-electron chi connectivity index (χ3n) is 10.8. The number of halogens is 1. The molecule has 4 aromatic rings. The highest BCUT2D eigenvalue weighted by atomic mass is 28.4. The van der Waals surface area contributed by atoms with Crippen molar-refractivity contribution < 1.29 is 37.8 Å². The number of carbonyl (C=O) groups is 3. The molecule has 2 aliphatic rings. The van der Waals surface area contributed by atoms with Gasteiger partial charge in [-0.2, -0.15) is 0 Å². The maximum Gasteiger partial charge on any atom is 0.305 e. The van der Waals surface area contributed by atoms with Gasteiger partial charge in [0, 0.05) is 54.0 Å². The van der Waals surface area contributed by atoms with E-state index in [1.54, 1.807) is 78.4 Å². The number of nitrogens with one attached hydrogen (secondary N) is 1. The van der Waals surface area contributed by atoms with Crippen molar-refractivity contribution in [2.45, 2.75) is 75.4 Å². The molecule has 1 aromatic heterocycles. The molecule has 0 radical (unpaired) electrons. The van der Waals surface area contributed by atoms with Gasteiger partial charge >= 0.3 is 5.97 Å². The van der Waals surface area contributed by atoms with Crippen LogP contribution in [0.2, 0.25) is 18.6 Å². The molecule has 2 N–H and O–H groups in total. The number of aliphatic hydroxyl groups excluding tert-OH is 1. The van der Waals surface area contributed by atoms with Gasteiger partial charge in [0.25, 0.3) is 11.8 Å². The number of benzene rings is 3. The predicted octanol–water partition coefficient (Wildman–Crippen LogP) is 6.22. The van der Waals surface area contributed by atoms with Crippen LogP contribution in [-0.2, 0) is 31.2 Å². The lowest BCUT2D eigenvalue weighted by molar-refractivity contribution is -0.146. The molecule has 2 aliphatic heterocycles. The number of rotatable bonds is 15. The number of ether oxygens (including phenoxy) is 3. The number of amides is 2. The Morgan fingerprint density at radius 1 is 1.06 bits per heavy atom. The average molecular weight is 758 g/mol. The third kappa shape index (κ3) is 7.68. The first-order valence-corrected chi connectivity index (χ1v) is 21.3. The first kappa shape index (κ1) is 38.8. The lowest BCUT2D eigenvalue weighted by Gasteiger charge is -2.31. The lowest BCUT2D eigenvalue weighted by atomic mass is 9.82. The number of fused-ring (bicyclic) bond motifs is 2. The zero-order valence-electron chi connectivity index (χ0n) is 31.3. The molecule has 1 saturated heterocycles. The largest absolute Gasteiger partial charge is 0.497 e. The Bertz CT molecular complexity index is 1950. The summed E-state index contributed by atoms with van der Waals surface area (Å²) in [5.41, 5.74) is 1.56. The highest BCUT2D eigenvalue weighted by Crippen LogP contribution is 2.60. The number of hydrogen-bond donors (Lipinski definition) is 2. The van der Waals surface area contributed by atoms with Crippen LogP contribution in [0.1, 0.15) is 65.7 Å². The predicted molar refractivity (Wildman–Crippen MR) is 204 cm³/mol. The van der Waals surface area contributed by atoms with Crippen LogP contribution in [0.4, 0.5) is 15.5 Å². The highest BCUT2D eigenvalue weighted by molar-refractivity contribution is 6.72. The van der Waals surface area contributed by atoms with Crippen LogP contribution in [0.25, 0.3) is 0 Å². The highest BCUT2D eigenvalue weighted by Gasteiger charge is 2.66. The first-order chi connectivity index (χ1) is 25.9. The molecule has 14 heteroatoms. The van der Waals surface area contributed by atoms with Crippen LogP contribution in [0.3, 0.4) is 0 Å². The molecular formula is C40H48FN5O7Si. The molecule has 0 aliphatic carbocycles. The fourth-order valence-electron chi connectivity index (χ4n) is 8.10. The SMILES string of the molecule is COC(=O)CCCCN1C(=O)[C@]2(O[C@H](CCn3cc(C(CO)c4ccccc4)nn3)[C@@H]([Si](C)(C)F)[C@@H]2C)c2cc(NC(=O)c3ccc(OC)cc3)ccc21. The van der Waals surface area contributed by atoms with E-state index in [2.05, 4.69) is 15.6 Å². The molecule has 1 fully saturated rings. The number of nitrogens with zero attached hydrogens (tertiary/aromatic N) is 4. The van der Waals surface area contributed by atoms with E-state index >= 15 is 4.11 Å². The monoisotopic (exact) mass is 757 g/mol. The van der Waals surface area contributed by atoms with Crippen molar-refractivity contribution in [3.05, 3.63) is 101 Å². The number of aliphatic hydroxyl groups is 1. The van der Waals surface area contributed by atoms with Crippen molar-refractivity contribution in [2.24, 2.45) is 5.92 Å². The smallest absolute Gasteiger partial charge is 0.305 e. The number of aromatic nitrogens is 3. The van der Waals surface area contributed by atoms with E-state index < -0.39 is 31.6 Å². The number of anilines is 2. The van der Waals surface area contributed by atoms with E-state index in [0.717, 1.165) is 5.56 Å². The van der Waals surface area contributed by atoms with Crippen molar-refractivity contribution in [2.75, 3.05) is 37.6 Å². The fraction of sp³-hybridized carbons (Fsp3) is 0.425. The van der Waals surface area contributed by atoms with Gasteiger partial charge in [-0.1, -0.05) is 42.5 Å². The summed E-state index contributed by atoms with van der Waals surface area (Å²) in [5.74, 6) is -1.22. The number of unbranched alkanes of at least 4 members (excludes halogenated alkanes) is 1. The van der Waals surface area contributed by atoms with Gasteiger partial charge in [0.15, 0.2) is 5.60 Å². The van der Waals surface area contributed by atoms with Crippen molar-refractivity contribution in [1.82, 2.24) is 15.0 Å². The summed E-state index contributed by atoms with van der Waals surface area (Å²) in [5, 5.41) is 21.8. The Morgan fingerprint density at radius 3 is 2.46 bits per heavy atom. The quantitative estimate of drug-likeness (QED) is 0.0625. The van der Waals surface area contributed by atoms with Crippen LogP contribution >= 0.6 is 0 Å². The molecule has 5 atom stereocenters. The topological polar surface area (TPSA) is 145 Å². The second kappa shape index (κ2) is 16.2. The fourth-order valence-corrected chi connectivity index (χ4v) is 10.6. The summed E-state index contributed by atoms with van der Waals surface area (Å²) in [6.45, 7) is 5.73. The van der Waals surface area contributed by atoms with E-state index in [1.165, 1.54) is 7.11 Å². The molecule has 2 amide bonds. The molecule has 12 nitrogen and oxygen atoms in total. The third-order valence-corrected chi connectivity index (χ3v) is 13.2. The van der Waals surface area contributed by atoms with Gasteiger partial charge in [-0.15, -0.1) is 5.10 Å². The molecule has 1 unspecified atom stereocenters. The Kier molecular flexibility index (Phi) is 11.6. The van der Waals surface area contributed by atoms with Gasteiger partial charge in [0.2, 0.25) is 8.41 Å². The number of hydrogen-bond acceptors (Lipinski definition) is 9. The van der Waals surface area contributed by atoms with E-state index in [1.807, 2.05) is 37.3 Å². The van der Waals surface area contributed by atoms with Gasteiger partial charge in [-0.25, -0.2) is 0 Å².